The maximum absolute atomic E-state index is 3.46. The van der Waals surface area contributed by atoms with E-state index in [-0.39, 0.29) is 0 Å². The summed E-state index contributed by atoms with van der Waals surface area (Å²) in [6, 6.07) is 9.53. The van der Waals surface area contributed by atoms with Crippen LogP contribution in [0.4, 0.5) is 0 Å². The molecule has 1 aliphatic carbocycles. The van der Waals surface area contributed by atoms with Crippen LogP contribution in [0.2, 0.25) is 0 Å². The highest BCUT2D eigenvalue weighted by molar-refractivity contribution is 5.27. The molecule has 2 heteroatoms. The highest BCUT2D eigenvalue weighted by Gasteiger charge is 2.33. The van der Waals surface area contributed by atoms with E-state index in [9.17, 15) is 0 Å². The number of hydrogen-bond acceptors (Lipinski definition) is 2. The Kier molecular flexibility index (Phi) is 5.22. The zero-order valence-electron chi connectivity index (χ0n) is 13.7. The molecule has 1 fully saturated rings. The molecule has 1 N–H and O–H groups in total. The summed E-state index contributed by atoms with van der Waals surface area (Å²) in [6.07, 6.45) is 1.41. The SMILES string of the molecule is CNC(CN(C)CC1CC1C)c1ccc(C(C)C)cc1. The Morgan fingerprint density at radius 2 is 1.75 bits per heavy atom. The van der Waals surface area contributed by atoms with Crippen LogP contribution in [-0.2, 0) is 0 Å². The molecular weight excluding hydrogens is 244 g/mol. The summed E-state index contributed by atoms with van der Waals surface area (Å²) in [7, 11) is 4.31. The van der Waals surface area contributed by atoms with Crippen molar-refractivity contribution in [2.75, 3.05) is 27.2 Å². The van der Waals surface area contributed by atoms with Gasteiger partial charge in [-0.05, 0) is 49.4 Å². The van der Waals surface area contributed by atoms with Crippen molar-refractivity contribution < 1.29 is 0 Å². The standard InChI is InChI=1S/C18H30N2/c1-13(2)15-6-8-16(9-7-15)18(19-4)12-20(5)11-17-10-14(17)3/h6-9,13-14,17-19H,10-12H2,1-5H3. The van der Waals surface area contributed by atoms with E-state index in [2.05, 4.69) is 69.3 Å². The third-order valence-electron chi connectivity index (χ3n) is 4.67. The van der Waals surface area contributed by atoms with Gasteiger partial charge in [0.25, 0.3) is 0 Å². The summed E-state index contributed by atoms with van der Waals surface area (Å²) in [6.45, 7) is 9.17. The number of benzene rings is 1. The van der Waals surface area contributed by atoms with Gasteiger partial charge in [0, 0.05) is 19.1 Å². The van der Waals surface area contributed by atoms with Gasteiger partial charge in [-0.15, -0.1) is 0 Å². The quantitative estimate of drug-likeness (QED) is 0.816. The first kappa shape index (κ1) is 15.5. The van der Waals surface area contributed by atoms with Crippen LogP contribution < -0.4 is 5.32 Å². The second-order valence-electron chi connectivity index (χ2n) is 6.86. The molecule has 2 nitrogen and oxygen atoms in total. The highest BCUT2D eigenvalue weighted by Crippen LogP contribution is 2.38. The summed E-state index contributed by atoms with van der Waals surface area (Å²) in [5.74, 6) is 2.48. The van der Waals surface area contributed by atoms with Crippen LogP contribution in [0.25, 0.3) is 0 Å². The Bertz CT molecular complexity index is 410. The monoisotopic (exact) mass is 274 g/mol. The zero-order chi connectivity index (χ0) is 14.7. The minimum absolute atomic E-state index is 0.426. The lowest BCUT2D eigenvalue weighted by Gasteiger charge is -2.24. The van der Waals surface area contributed by atoms with Gasteiger partial charge in [-0.3, -0.25) is 0 Å². The largest absolute Gasteiger partial charge is 0.312 e. The topological polar surface area (TPSA) is 15.3 Å². The molecule has 0 spiro atoms. The Labute approximate surface area is 124 Å². The first-order chi connectivity index (χ1) is 9.51. The van der Waals surface area contributed by atoms with E-state index in [0.29, 0.717) is 12.0 Å². The highest BCUT2D eigenvalue weighted by atomic mass is 15.1. The van der Waals surface area contributed by atoms with Gasteiger partial charge in [0.1, 0.15) is 0 Å². The van der Waals surface area contributed by atoms with Gasteiger partial charge in [0.2, 0.25) is 0 Å². The first-order valence-electron chi connectivity index (χ1n) is 7.97. The van der Waals surface area contributed by atoms with Gasteiger partial charge in [0.15, 0.2) is 0 Å². The third kappa shape index (κ3) is 4.07. The van der Waals surface area contributed by atoms with Crippen LogP contribution >= 0.6 is 0 Å². The Hall–Kier alpha value is -0.860. The van der Waals surface area contributed by atoms with E-state index in [1.807, 2.05) is 0 Å². The minimum atomic E-state index is 0.426. The number of nitrogens with one attached hydrogen (secondary N) is 1. The molecule has 1 aromatic carbocycles. The second-order valence-corrected chi connectivity index (χ2v) is 6.86. The number of likely N-dealkylation sites (N-methyl/N-ethyl adjacent to an activating group) is 2. The maximum Gasteiger partial charge on any atom is 0.0446 e. The maximum atomic E-state index is 3.46. The van der Waals surface area contributed by atoms with Crippen LogP contribution in [0.3, 0.4) is 0 Å². The van der Waals surface area contributed by atoms with E-state index >= 15 is 0 Å². The molecule has 1 aliphatic rings. The zero-order valence-corrected chi connectivity index (χ0v) is 13.7. The smallest absolute Gasteiger partial charge is 0.0446 e. The Morgan fingerprint density at radius 1 is 1.20 bits per heavy atom. The molecule has 0 bridgehead atoms. The van der Waals surface area contributed by atoms with E-state index in [1.165, 1.54) is 24.1 Å². The van der Waals surface area contributed by atoms with Crippen LogP contribution in [-0.4, -0.2) is 32.1 Å². The number of nitrogens with zero attached hydrogens (tertiary/aromatic N) is 1. The summed E-state index contributed by atoms with van der Waals surface area (Å²) in [5, 5.41) is 3.46. The van der Waals surface area contributed by atoms with Crippen molar-refractivity contribution in [2.45, 2.75) is 39.2 Å². The molecule has 1 saturated carbocycles. The summed E-state index contributed by atoms with van der Waals surface area (Å²) in [4.78, 5) is 2.48. The minimum Gasteiger partial charge on any atom is -0.312 e. The molecule has 112 valence electrons. The fraction of sp³-hybridized carbons (Fsp3) is 0.667. The molecule has 20 heavy (non-hydrogen) atoms. The summed E-state index contributed by atoms with van der Waals surface area (Å²) < 4.78 is 0. The molecule has 0 saturated heterocycles. The first-order valence-corrected chi connectivity index (χ1v) is 7.97. The van der Waals surface area contributed by atoms with Gasteiger partial charge in [-0.1, -0.05) is 45.0 Å². The summed E-state index contributed by atoms with van der Waals surface area (Å²) in [5.41, 5.74) is 2.82. The van der Waals surface area contributed by atoms with Crippen molar-refractivity contribution in [3.05, 3.63) is 35.4 Å². The molecule has 0 amide bonds. The van der Waals surface area contributed by atoms with Crippen molar-refractivity contribution in [2.24, 2.45) is 11.8 Å². The van der Waals surface area contributed by atoms with Crippen molar-refractivity contribution >= 4 is 0 Å². The van der Waals surface area contributed by atoms with Crippen molar-refractivity contribution in [1.29, 1.82) is 0 Å². The van der Waals surface area contributed by atoms with E-state index in [0.717, 1.165) is 18.4 Å². The molecule has 0 radical (unpaired) electrons. The predicted molar refractivity (Wildman–Crippen MR) is 87.1 cm³/mol. The van der Waals surface area contributed by atoms with Gasteiger partial charge in [-0.25, -0.2) is 0 Å². The van der Waals surface area contributed by atoms with E-state index in [4.69, 9.17) is 0 Å². The molecule has 0 aromatic heterocycles. The lowest BCUT2D eigenvalue weighted by molar-refractivity contribution is 0.282. The molecule has 2 rings (SSSR count). The molecule has 3 unspecified atom stereocenters. The average molecular weight is 274 g/mol. The fourth-order valence-electron chi connectivity index (χ4n) is 2.92. The molecular formula is C18H30N2. The summed E-state index contributed by atoms with van der Waals surface area (Å²) >= 11 is 0. The van der Waals surface area contributed by atoms with E-state index in [1.54, 1.807) is 0 Å². The van der Waals surface area contributed by atoms with Crippen LogP contribution in [0.15, 0.2) is 24.3 Å². The van der Waals surface area contributed by atoms with Crippen molar-refractivity contribution in [3.8, 4) is 0 Å². The Balaban J connectivity index is 1.93. The van der Waals surface area contributed by atoms with Crippen molar-refractivity contribution in [3.63, 3.8) is 0 Å². The van der Waals surface area contributed by atoms with Crippen LogP contribution in [0.1, 0.15) is 50.3 Å². The third-order valence-corrected chi connectivity index (χ3v) is 4.67. The Morgan fingerprint density at radius 3 is 2.20 bits per heavy atom. The molecule has 1 aromatic rings. The number of hydrogen-bond donors (Lipinski definition) is 1. The lowest BCUT2D eigenvalue weighted by atomic mass is 9.99. The van der Waals surface area contributed by atoms with Crippen molar-refractivity contribution in [1.82, 2.24) is 10.2 Å². The number of rotatable bonds is 7. The predicted octanol–water partition coefficient (Wildman–Crippen LogP) is 3.66. The van der Waals surface area contributed by atoms with Crippen LogP contribution in [0, 0.1) is 11.8 Å². The van der Waals surface area contributed by atoms with Gasteiger partial charge >= 0.3 is 0 Å². The second kappa shape index (κ2) is 6.73. The molecule has 0 heterocycles. The lowest BCUT2D eigenvalue weighted by Crippen LogP contribution is -2.32. The fourth-order valence-corrected chi connectivity index (χ4v) is 2.92. The van der Waals surface area contributed by atoms with Crippen LogP contribution in [0.5, 0.6) is 0 Å². The van der Waals surface area contributed by atoms with E-state index < -0.39 is 0 Å². The van der Waals surface area contributed by atoms with Gasteiger partial charge in [-0.2, -0.15) is 0 Å². The molecule has 3 atom stereocenters. The normalized spacial score (nSPS) is 23.4. The molecule has 0 aliphatic heterocycles. The average Bonchev–Trinajstić information content (AvgIpc) is 3.11. The van der Waals surface area contributed by atoms with Gasteiger partial charge in [0.05, 0.1) is 0 Å². The van der Waals surface area contributed by atoms with Gasteiger partial charge < -0.3 is 10.2 Å².